The number of nitrogens with zero attached hydrogens (tertiary/aromatic N) is 3. The molecule has 1 saturated heterocycles. The number of anilines is 2. The Balaban J connectivity index is 1.97. The number of hydrogen-bond donors (Lipinski definition) is 1. The van der Waals surface area contributed by atoms with Gasteiger partial charge in [-0.25, -0.2) is 22.8 Å². The average Bonchev–Trinajstić information content (AvgIpc) is 3.23. The second-order valence-corrected chi connectivity index (χ2v) is 12.6. The monoisotopic (exact) mass is 612 g/mol. The fourth-order valence-corrected chi connectivity index (χ4v) is 5.23. The molecule has 16 heteroatoms. The van der Waals surface area contributed by atoms with E-state index in [1.165, 1.54) is 6.07 Å². The predicted octanol–water partition coefficient (Wildman–Crippen LogP) is 5.57. The Labute approximate surface area is 232 Å². The third kappa shape index (κ3) is 6.63. The Morgan fingerprint density at radius 2 is 1.88 bits per heavy atom. The molecule has 1 fully saturated rings. The number of rotatable bonds is 5. The standard InChI is InChI=1S/C24H26ClF5N4O5S/c1-22(2,3)39-21(36)33-40(5,37)17-10-13(8-9-31-17)32-20(35)16-11-23(38-4,24(28,29)30)12-34(16)15-7-6-14(26)19(27)18(15)25/h6-10,16H,11-12H2,1-5H3,(H,31,32,35)/t16?,23?,40-/m1/s1. The van der Waals surface area contributed by atoms with Gasteiger partial charge in [0.25, 0.3) is 0 Å². The van der Waals surface area contributed by atoms with Gasteiger partial charge in [-0.2, -0.15) is 13.2 Å². The van der Waals surface area contributed by atoms with E-state index in [4.69, 9.17) is 21.1 Å². The Morgan fingerprint density at radius 3 is 2.45 bits per heavy atom. The molecule has 0 spiro atoms. The maximum Gasteiger partial charge on any atom is 0.442 e. The summed E-state index contributed by atoms with van der Waals surface area (Å²) in [5, 5.41) is 1.38. The minimum Gasteiger partial charge on any atom is -0.442 e. The quantitative estimate of drug-likeness (QED) is 0.347. The Hall–Kier alpha value is -3.04. The summed E-state index contributed by atoms with van der Waals surface area (Å²) in [7, 11) is -2.64. The first kappa shape index (κ1) is 31.5. The summed E-state index contributed by atoms with van der Waals surface area (Å²) in [4.78, 5) is 30.2. The molecule has 1 aromatic carbocycles. The molecule has 9 nitrogen and oxygen atoms in total. The zero-order valence-corrected chi connectivity index (χ0v) is 23.5. The van der Waals surface area contributed by atoms with Crippen LogP contribution in [0.5, 0.6) is 0 Å². The highest BCUT2D eigenvalue weighted by Crippen LogP contribution is 2.46. The van der Waals surface area contributed by atoms with Crippen LogP contribution in [0.3, 0.4) is 0 Å². The molecule has 3 atom stereocenters. The van der Waals surface area contributed by atoms with E-state index in [1.54, 1.807) is 20.8 Å². The Bertz CT molecular complexity index is 1440. The van der Waals surface area contributed by atoms with Crippen LogP contribution in [0.1, 0.15) is 27.2 Å². The lowest BCUT2D eigenvalue weighted by Gasteiger charge is -2.30. The number of alkyl halides is 3. The molecule has 40 heavy (non-hydrogen) atoms. The number of hydrogen-bond acceptors (Lipinski definition) is 7. The minimum absolute atomic E-state index is 0.0396. The lowest BCUT2D eigenvalue weighted by atomic mass is 9.99. The van der Waals surface area contributed by atoms with Crippen LogP contribution >= 0.6 is 11.6 Å². The van der Waals surface area contributed by atoms with E-state index in [0.29, 0.717) is 6.07 Å². The van der Waals surface area contributed by atoms with E-state index in [2.05, 4.69) is 14.7 Å². The second kappa shape index (κ2) is 11.1. The highest BCUT2D eigenvalue weighted by Gasteiger charge is 2.63. The number of pyridine rings is 1. The number of aromatic nitrogens is 1. The summed E-state index contributed by atoms with van der Waals surface area (Å²) in [6, 6.07) is 2.41. The number of ether oxygens (including phenoxy) is 2. The number of methoxy groups -OCH3 is 1. The van der Waals surface area contributed by atoms with Crippen LogP contribution in [-0.2, 0) is 24.0 Å². The maximum atomic E-state index is 14.2. The molecule has 0 radical (unpaired) electrons. The van der Waals surface area contributed by atoms with Crippen LogP contribution in [0.4, 0.5) is 38.1 Å². The normalized spacial score (nSPS) is 21.1. The molecule has 0 saturated carbocycles. The van der Waals surface area contributed by atoms with Crippen molar-refractivity contribution in [3.05, 3.63) is 47.1 Å². The van der Waals surface area contributed by atoms with Gasteiger partial charge in [-0.1, -0.05) is 11.6 Å². The summed E-state index contributed by atoms with van der Waals surface area (Å²) in [5.74, 6) is -3.81. The lowest BCUT2D eigenvalue weighted by molar-refractivity contribution is -0.261. The molecule has 1 aliphatic rings. The summed E-state index contributed by atoms with van der Waals surface area (Å²) >= 11 is 5.91. The first-order chi connectivity index (χ1) is 18.3. The minimum atomic E-state index is -4.94. The summed E-state index contributed by atoms with van der Waals surface area (Å²) in [5.41, 5.74) is -4.14. The van der Waals surface area contributed by atoms with Crippen molar-refractivity contribution in [1.82, 2.24) is 4.98 Å². The molecule has 1 aromatic heterocycles. The molecule has 220 valence electrons. The van der Waals surface area contributed by atoms with Crippen molar-refractivity contribution in [3.8, 4) is 0 Å². The molecular formula is C24H26ClF5N4O5S. The number of nitrogens with one attached hydrogen (secondary N) is 1. The molecule has 2 heterocycles. The zero-order valence-electron chi connectivity index (χ0n) is 21.9. The number of halogens is 6. The fourth-order valence-electron chi connectivity index (χ4n) is 3.96. The van der Waals surface area contributed by atoms with Gasteiger partial charge in [-0.05, 0) is 45.0 Å². The van der Waals surface area contributed by atoms with Crippen molar-refractivity contribution in [1.29, 1.82) is 0 Å². The van der Waals surface area contributed by atoms with Gasteiger partial charge in [0, 0.05) is 31.7 Å². The number of carbonyl (C=O) groups excluding carboxylic acids is 2. The zero-order chi connectivity index (χ0) is 30.3. The largest absolute Gasteiger partial charge is 0.442 e. The van der Waals surface area contributed by atoms with E-state index < -0.39 is 74.8 Å². The molecular weight excluding hydrogens is 587 g/mol. The van der Waals surface area contributed by atoms with Crippen molar-refractivity contribution in [2.45, 2.75) is 55.6 Å². The first-order valence-electron chi connectivity index (χ1n) is 11.5. The van der Waals surface area contributed by atoms with E-state index in [0.717, 1.165) is 36.6 Å². The summed E-state index contributed by atoms with van der Waals surface area (Å²) in [6.45, 7) is 3.81. The Morgan fingerprint density at radius 1 is 1.23 bits per heavy atom. The number of benzene rings is 1. The van der Waals surface area contributed by atoms with Crippen molar-refractivity contribution in [2.24, 2.45) is 4.36 Å². The van der Waals surface area contributed by atoms with Crippen LogP contribution < -0.4 is 10.2 Å². The van der Waals surface area contributed by atoms with E-state index >= 15 is 0 Å². The smallest absolute Gasteiger partial charge is 0.442 e. The molecule has 2 aromatic rings. The molecule has 2 amide bonds. The average molecular weight is 613 g/mol. The summed E-state index contributed by atoms with van der Waals surface area (Å²) < 4.78 is 96.5. The van der Waals surface area contributed by atoms with E-state index in [-0.39, 0.29) is 16.4 Å². The Kier molecular flexibility index (Phi) is 8.73. The van der Waals surface area contributed by atoms with E-state index in [1.807, 2.05) is 0 Å². The van der Waals surface area contributed by atoms with Crippen molar-refractivity contribution < 1.29 is 45.2 Å². The number of carbonyl (C=O) groups is 2. The highest BCUT2D eigenvalue weighted by molar-refractivity contribution is 7.93. The predicted molar refractivity (Wildman–Crippen MR) is 137 cm³/mol. The van der Waals surface area contributed by atoms with Gasteiger partial charge in [0.1, 0.15) is 31.4 Å². The van der Waals surface area contributed by atoms with Crippen LogP contribution in [0.2, 0.25) is 5.02 Å². The van der Waals surface area contributed by atoms with Gasteiger partial charge >= 0.3 is 12.3 Å². The second-order valence-electron chi connectivity index (χ2n) is 9.98. The van der Waals surface area contributed by atoms with Crippen molar-refractivity contribution in [3.63, 3.8) is 0 Å². The SMILES string of the molecule is COC1(C(F)(F)F)CC(C(=O)Nc2ccnc([S@@](C)(=O)=NC(=O)OC(C)(C)C)c2)N(c2ccc(F)c(F)c2Cl)C1. The van der Waals surface area contributed by atoms with Crippen LogP contribution in [0.25, 0.3) is 0 Å². The first-order valence-corrected chi connectivity index (χ1v) is 13.8. The van der Waals surface area contributed by atoms with Gasteiger partial charge in [-0.3, -0.25) is 4.79 Å². The van der Waals surface area contributed by atoms with E-state index in [9.17, 15) is 35.8 Å². The topological polar surface area (TPSA) is 110 Å². The van der Waals surface area contributed by atoms with Gasteiger partial charge in [0.2, 0.25) is 5.91 Å². The lowest BCUT2D eigenvalue weighted by Crippen LogP contribution is -2.49. The van der Waals surface area contributed by atoms with Gasteiger partial charge < -0.3 is 19.7 Å². The molecule has 3 rings (SSSR count). The van der Waals surface area contributed by atoms with Crippen LogP contribution in [0.15, 0.2) is 39.9 Å². The maximum absolute atomic E-state index is 14.2. The van der Waals surface area contributed by atoms with Gasteiger partial charge in [0.15, 0.2) is 17.2 Å². The third-order valence-electron chi connectivity index (χ3n) is 5.89. The van der Waals surface area contributed by atoms with Crippen LogP contribution in [0, 0.1) is 11.6 Å². The molecule has 1 aliphatic heterocycles. The van der Waals surface area contributed by atoms with Crippen LogP contribution in [-0.4, -0.2) is 64.5 Å². The summed E-state index contributed by atoms with van der Waals surface area (Å²) in [6.07, 6.45) is -4.70. The molecule has 1 N–H and O–H groups in total. The third-order valence-corrected chi connectivity index (χ3v) is 7.75. The van der Waals surface area contributed by atoms with Gasteiger partial charge in [0.05, 0.1) is 12.2 Å². The molecule has 0 aliphatic carbocycles. The fraction of sp³-hybridized carbons (Fsp3) is 0.458. The highest BCUT2D eigenvalue weighted by atomic mass is 35.5. The van der Waals surface area contributed by atoms with Crippen molar-refractivity contribution in [2.75, 3.05) is 30.1 Å². The number of amides is 2. The molecule has 0 bridgehead atoms. The molecule has 2 unspecified atom stereocenters. The van der Waals surface area contributed by atoms with Gasteiger partial charge in [-0.15, -0.1) is 4.36 Å². The van der Waals surface area contributed by atoms with Crippen molar-refractivity contribution >= 4 is 44.7 Å².